The van der Waals surface area contributed by atoms with Crippen LogP contribution in [0, 0.1) is 5.82 Å². The zero-order valence-corrected chi connectivity index (χ0v) is 15.0. The molecular formula is C19H13Cl2FN2O2. The molecule has 0 aliphatic carbocycles. The Balaban J connectivity index is 1.59. The number of halogens is 3. The van der Waals surface area contributed by atoms with Gasteiger partial charge in [-0.3, -0.25) is 4.79 Å². The molecule has 1 aliphatic rings. The lowest BCUT2D eigenvalue weighted by Gasteiger charge is -2.26. The third-order valence-corrected chi connectivity index (χ3v) is 4.94. The van der Waals surface area contributed by atoms with Crippen LogP contribution in [0.4, 0.5) is 4.39 Å². The molecule has 1 aromatic heterocycles. The first-order valence-electron chi connectivity index (χ1n) is 8.00. The highest BCUT2D eigenvalue weighted by molar-refractivity contribution is 6.36. The Morgan fingerprint density at radius 2 is 1.92 bits per heavy atom. The van der Waals surface area contributed by atoms with Gasteiger partial charge < -0.3 is 9.42 Å². The third-order valence-electron chi connectivity index (χ3n) is 4.40. The Morgan fingerprint density at radius 1 is 1.15 bits per heavy atom. The summed E-state index contributed by atoms with van der Waals surface area (Å²) in [6.07, 6.45) is 0.600. The first-order valence-corrected chi connectivity index (χ1v) is 8.76. The summed E-state index contributed by atoms with van der Waals surface area (Å²) < 4.78 is 18.6. The predicted molar refractivity (Wildman–Crippen MR) is 96.8 cm³/mol. The van der Waals surface area contributed by atoms with Crippen molar-refractivity contribution in [3.8, 4) is 11.3 Å². The standard InChI is InChI=1S/C19H13Cl2FN2O2/c20-12-3-6-14(16(21)9-12)19(25)24-8-7-15-17(10-24)23-26-18(15)11-1-4-13(22)5-2-11/h1-6,9H,7-8,10H2. The maximum absolute atomic E-state index is 13.1. The molecule has 0 saturated carbocycles. The molecule has 0 spiro atoms. The van der Waals surface area contributed by atoms with Gasteiger partial charge in [-0.1, -0.05) is 28.4 Å². The highest BCUT2D eigenvalue weighted by atomic mass is 35.5. The lowest BCUT2D eigenvalue weighted by molar-refractivity contribution is 0.0731. The van der Waals surface area contributed by atoms with Gasteiger partial charge in [-0.15, -0.1) is 0 Å². The second-order valence-electron chi connectivity index (χ2n) is 6.04. The third kappa shape index (κ3) is 3.08. The number of hydrogen-bond acceptors (Lipinski definition) is 3. The van der Waals surface area contributed by atoms with Crippen molar-refractivity contribution in [2.45, 2.75) is 13.0 Å². The molecule has 0 atom stereocenters. The van der Waals surface area contributed by atoms with Crippen LogP contribution in [-0.2, 0) is 13.0 Å². The lowest BCUT2D eigenvalue weighted by Crippen LogP contribution is -2.36. The molecule has 2 heterocycles. The van der Waals surface area contributed by atoms with E-state index in [2.05, 4.69) is 5.16 Å². The molecule has 4 rings (SSSR count). The van der Waals surface area contributed by atoms with Crippen LogP contribution >= 0.6 is 23.2 Å². The molecule has 26 heavy (non-hydrogen) atoms. The zero-order valence-electron chi connectivity index (χ0n) is 13.5. The number of aromatic nitrogens is 1. The van der Waals surface area contributed by atoms with Gasteiger partial charge in [0.2, 0.25) is 0 Å². The summed E-state index contributed by atoms with van der Waals surface area (Å²) in [4.78, 5) is 14.4. The van der Waals surface area contributed by atoms with E-state index >= 15 is 0 Å². The van der Waals surface area contributed by atoms with Crippen LogP contribution in [0.5, 0.6) is 0 Å². The zero-order chi connectivity index (χ0) is 18.3. The summed E-state index contributed by atoms with van der Waals surface area (Å²) in [5.41, 5.74) is 2.82. The smallest absolute Gasteiger partial charge is 0.255 e. The Hall–Kier alpha value is -2.37. The fraction of sp³-hybridized carbons (Fsp3) is 0.158. The van der Waals surface area contributed by atoms with Gasteiger partial charge in [0.25, 0.3) is 5.91 Å². The highest BCUT2D eigenvalue weighted by Crippen LogP contribution is 2.31. The molecule has 4 nitrogen and oxygen atoms in total. The summed E-state index contributed by atoms with van der Waals surface area (Å²) >= 11 is 12.0. The van der Waals surface area contributed by atoms with Crippen molar-refractivity contribution in [1.82, 2.24) is 10.1 Å². The van der Waals surface area contributed by atoms with Crippen molar-refractivity contribution in [2.75, 3.05) is 6.54 Å². The molecule has 132 valence electrons. The molecular weight excluding hydrogens is 378 g/mol. The van der Waals surface area contributed by atoms with Gasteiger partial charge in [0.15, 0.2) is 5.76 Å². The molecule has 0 bridgehead atoms. The van der Waals surface area contributed by atoms with Crippen LogP contribution < -0.4 is 0 Å². The minimum Gasteiger partial charge on any atom is -0.356 e. The van der Waals surface area contributed by atoms with E-state index in [4.69, 9.17) is 27.7 Å². The Morgan fingerprint density at radius 3 is 2.65 bits per heavy atom. The number of carbonyl (C=O) groups excluding carboxylic acids is 1. The SMILES string of the molecule is O=C(c1ccc(Cl)cc1Cl)N1CCc2c(noc2-c2ccc(F)cc2)C1. The normalized spacial score (nSPS) is 13.6. The van der Waals surface area contributed by atoms with Crippen molar-refractivity contribution in [1.29, 1.82) is 0 Å². The fourth-order valence-electron chi connectivity index (χ4n) is 3.07. The first kappa shape index (κ1) is 17.1. The summed E-state index contributed by atoms with van der Waals surface area (Å²) in [5, 5.41) is 4.90. The van der Waals surface area contributed by atoms with Crippen LogP contribution in [0.15, 0.2) is 47.0 Å². The minimum atomic E-state index is -0.307. The number of rotatable bonds is 2. The molecule has 1 amide bonds. The number of hydrogen-bond donors (Lipinski definition) is 0. The van der Waals surface area contributed by atoms with Crippen molar-refractivity contribution < 1.29 is 13.7 Å². The molecule has 2 aromatic carbocycles. The summed E-state index contributed by atoms with van der Waals surface area (Å²) in [6.45, 7) is 0.845. The summed E-state index contributed by atoms with van der Waals surface area (Å²) in [5.74, 6) is 0.138. The monoisotopic (exact) mass is 390 g/mol. The maximum atomic E-state index is 13.1. The summed E-state index contributed by atoms with van der Waals surface area (Å²) in [7, 11) is 0. The minimum absolute atomic E-state index is 0.177. The second kappa shape index (κ2) is 6.74. The number of nitrogens with zero attached hydrogens (tertiary/aromatic N) is 2. The largest absolute Gasteiger partial charge is 0.356 e. The molecule has 0 fully saturated rings. The Labute approximate surface area is 159 Å². The van der Waals surface area contributed by atoms with Gasteiger partial charge in [0, 0.05) is 22.7 Å². The molecule has 0 unspecified atom stereocenters. The van der Waals surface area contributed by atoms with E-state index in [0.29, 0.717) is 46.6 Å². The number of fused-ring (bicyclic) bond motifs is 1. The predicted octanol–water partition coefficient (Wildman–Crippen LogP) is 4.99. The Bertz CT molecular complexity index is 986. The fourth-order valence-corrected chi connectivity index (χ4v) is 3.55. The van der Waals surface area contributed by atoms with E-state index in [-0.39, 0.29) is 11.7 Å². The molecule has 1 aliphatic heterocycles. The van der Waals surface area contributed by atoms with Gasteiger partial charge >= 0.3 is 0 Å². The number of carbonyl (C=O) groups is 1. The van der Waals surface area contributed by atoms with E-state index in [1.165, 1.54) is 12.1 Å². The Kier molecular flexibility index (Phi) is 4.42. The van der Waals surface area contributed by atoms with Gasteiger partial charge in [-0.05, 0) is 48.9 Å². The van der Waals surface area contributed by atoms with Crippen molar-refractivity contribution >= 4 is 29.1 Å². The first-order chi connectivity index (χ1) is 12.5. The van der Waals surface area contributed by atoms with Crippen LogP contribution in [0.1, 0.15) is 21.6 Å². The molecule has 3 aromatic rings. The van der Waals surface area contributed by atoms with E-state index in [0.717, 1.165) is 11.1 Å². The topological polar surface area (TPSA) is 46.3 Å². The van der Waals surface area contributed by atoms with Gasteiger partial charge in [0.05, 0.1) is 17.1 Å². The molecule has 0 N–H and O–H groups in total. The highest BCUT2D eigenvalue weighted by Gasteiger charge is 2.28. The molecule has 0 saturated heterocycles. The average Bonchev–Trinajstić information content (AvgIpc) is 3.05. The van der Waals surface area contributed by atoms with E-state index in [1.54, 1.807) is 35.2 Å². The average molecular weight is 391 g/mol. The van der Waals surface area contributed by atoms with Gasteiger partial charge in [0.1, 0.15) is 11.5 Å². The van der Waals surface area contributed by atoms with E-state index in [9.17, 15) is 9.18 Å². The number of amides is 1. The summed E-state index contributed by atoms with van der Waals surface area (Å²) in [6, 6.07) is 10.9. The van der Waals surface area contributed by atoms with Gasteiger partial charge in [-0.25, -0.2) is 4.39 Å². The van der Waals surface area contributed by atoms with E-state index < -0.39 is 0 Å². The molecule has 0 radical (unpaired) electrons. The number of benzene rings is 2. The van der Waals surface area contributed by atoms with Crippen LogP contribution in [0.2, 0.25) is 10.0 Å². The van der Waals surface area contributed by atoms with Gasteiger partial charge in [-0.2, -0.15) is 0 Å². The maximum Gasteiger partial charge on any atom is 0.255 e. The lowest BCUT2D eigenvalue weighted by atomic mass is 10.00. The van der Waals surface area contributed by atoms with Crippen LogP contribution in [-0.4, -0.2) is 22.5 Å². The van der Waals surface area contributed by atoms with Crippen molar-refractivity contribution in [3.05, 3.63) is 75.1 Å². The van der Waals surface area contributed by atoms with Crippen LogP contribution in [0.3, 0.4) is 0 Å². The second-order valence-corrected chi connectivity index (χ2v) is 6.89. The van der Waals surface area contributed by atoms with Crippen molar-refractivity contribution in [2.24, 2.45) is 0 Å². The van der Waals surface area contributed by atoms with Crippen molar-refractivity contribution in [3.63, 3.8) is 0 Å². The van der Waals surface area contributed by atoms with Crippen LogP contribution in [0.25, 0.3) is 11.3 Å². The van der Waals surface area contributed by atoms with E-state index in [1.807, 2.05) is 0 Å². The quantitative estimate of drug-likeness (QED) is 0.619. The molecule has 7 heteroatoms.